The molecule has 0 radical (unpaired) electrons. The minimum atomic E-state index is 0.337. The molecule has 3 rings (SSSR count). The fraction of sp³-hybridized carbons (Fsp3) is 0.500. The highest BCUT2D eigenvalue weighted by molar-refractivity contribution is 5.85. The summed E-state index contributed by atoms with van der Waals surface area (Å²) in [6.45, 7) is 5.76. The Bertz CT molecular complexity index is 652. The number of aromatic nitrogens is 1. The third-order valence-corrected chi connectivity index (χ3v) is 4.49. The molecule has 1 aliphatic rings. The summed E-state index contributed by atoms with van der Waals surface area (Å²) in [4.78, 5) is 11.3. The van der Waals surface area contributed by atoms with Crippen molar-refractivity contribution in [2.24, 2.45) is 0 Å². The maximum absolute atomic E-state index is 9.14. The van der Waals surface area contributed by atoms with Crippen molar-refractivity contribution in [2.75, 3.05) is 26.2 Å². The zero-order valence-electron chi connectivity index (χ0n) is 13.6. The average Bonchev–Trinajstić information content (AvgIpc) is 2.83. The fourth-order valence-electron chi connectivity index (χ4n) is 3.12. The van der Waals surface area contributed by atoms with Gasteiger partial charge in [0.25, 0.3) is 0 Å². The fourth-order valence-corrected chi connectivity index (χ4v) is 3.12. The zero-order chi connectivity index (χ0) is 16.1. The van der Waals surface area contributed by atoms with E-state index in [0.29, 0.717) is 18.1 Å². The predicted molar refractivity (Wildman–Crippen MR) is 90.1 cm³/mol. The van der Waals surface area contributed by atoms with E-state index in [1.165, 1.54) is 25.7 Å². The zero-order valence-corrected chi connectivity index (χ0v) is 13.6. The van der Waals surface area contributed by atoms with Crippen LogP contribution >= 0.6 is 0 Å². The number of pyridine rings is 1. The van der Waals surface area contributed by atoms with E-state index in [9.17, 15) is 0 Å². The molecule has 5 nitrogen and oxygen atoms in total. The molecule has 1 N–H and O–H groups in total. The molecule has 124 valence electrons. The molecule has 1 saturated heterocycles. The van der Waals surface area contributed by atoms with Gasteiger partial charge in [-0.3, -0.25) is 9.88 Å². The van der Waals surface area contributed by atoms with Crippen LogP contribution in [0.15, 0.2) is 24.4 Å². The van der Waals surface area contributed by atoms with Gasteiger partial charge in [0.05, 0.1) is 5.52 Å². The SMILES string of the molecule is Cc1ccnc2cc(OCCN3CCCCCC3)c(OO)cc12. The summed E-state index contributed by atoms with van der Waals surface area (Å²) in [7, 11) is 0. The van der Waals surface area contributed by atoms with E-state index in [1.807, 2.05) is 19.1 Å². The van der Waals surface area contributed by atoms with Gasteiger partial charge in [0.1, 0.15) is 6.61 Å². The molecular formula is C18H24N2O3. The molecule has 0 amide bonds. The van der Waals surface area contributed by atoms with Crippen LogP contribution in [0.25, 0.3) is 10.9 Å². The number of ether oxygens (including phenoxy) is 1. The highest BCUT2D eigenvalue weighted by atomic mass is 17.1. The normalized spacial score (nSPS) is 16.3. The van der Waals surface area contributed by atoms with Crippen molar-refractivity contribution in [2.45, 2.75) is 32.6 Å². The summed E-state index contributed by atoms with van der Waals surface area (Å²) in [5.41, 5.74) is 1.93. The molecule has 1 aromatic carbocycles. The Labute approximate surface area is 136 Å². The second kappa shape index (κ2) is 7.62. The summed E-state index contributed by atoms with van der Waals surface area (Å²) < 4.78 is 5.85. The van der Waals surface area contributed by atoms with Crippen molar-refractivity contribution < 1.29 is 14.9 Å². The molecule has 0 spiro atoms. The molecule has 2 aromatic rings. The standard InChI is InChI=1S/C18H24N2O3/c1-14-6-7-19-16-13-17(18(23-21)12-15(14)16)22-11-10-20-8-4-2-3-5-9-20/h6-7,12-13,21H,2-5,8-11H2,1H3. The van der Waals surface area contributed by atoms with Crippen molar-refractivity contribution in [3.63, 3.8) is 0 Å². The molecule has 0 unspecified atom stereocenters. The van der Waals surface area contributed by atoms with Crippen LogP contribution in [0.3, 0.4) is 0 Å². The number of benzene rings is 1. The number of nitrogens with zero attached hydrogens (tertiary/aromatic N) is 2. The Morgan fingerprint density at radius 1 is 1.13 bits per heavy atom. The molecule has 2 heterocycles. The van der Waals surface area contributed by atoms with E-state index < -0.39 is 0 Å². The number of aryl methyl sites for hydroxylation is 1. The van der Waals surface area contributed by atoms with E-state index in [-0.39, 0.29) is 0 Å². The van der Waals surface area contributed by atoms with Crippen LogP contribution < -0.4 is 9.62 Å². The maximum Gasteiger partial charge on any atom is 0.207 e. The van der Waals surface area contributed by atoms with E-state index in [0.717, 1.165) is 36.1 Å². The van der Waals surface area contributed by atoms with Gasteiger partial charge < -0.3 is 9.62 Å². The lowest BCUT2D eigenvalue weighted by atomic mass is 10.1. The number of fused-ring (bicyclic) bond motifs is 1. The molecular weight excluding hydrogens is 292 g/mol. The highest BCUT2D eigenvalue weighted by Crippen LogP contribution is 2.32. The van der Waals surface area contributed by atoms with Crippen LogP contribution in [0.4, 0.5) is 0 Å². The Kier molecular flexibility index (Phi) is 5.31. The number of hydrogen-bond donors (Lipinski definition) is 1. The molecule has 0 aliphatic carbocycles. The highest BCUT2D eigenvalue weighted by Gasteiger charge is 2.12. The molecule has 0 saturated carbocycles. The van der Waals surface area contributed by atoms with Gasteiger partial charge in [0.15, 0.2) is 5.75 Å². The predicted octanol–water partition coefficient (Wildman–Crippen LogP) is 3.65. The molecule has 23 heavy (non-hydrogen) atoms. The van der Waals surface area contributed by atoms with Crippen LogP contribution in [-0.4, -0.2) is 41.4 Å². The second-order valence-electron chi connectivity index (χ2n) is 6.14. The largest absolute Gasteiger partial charge is 0.488 e. The van der Waals surface area contributed by atoms with Crippen molar-refractivity contribution in [1.82, 2.24) is 9.88 Å². The quantitative estimate of drug-likeness (QED) is 0.674. The molecule has 1 aliphatic heterocycles. The van der Waals surface area contributed by atoms with Crippen LogP contribution in [0.2, 0.25) is 0 Å². The first-order chi connectivity index (χ1) is 11.3. The van der Waals surface area contributed by atoms with Gasteiger partial charge >= 0.3 is 0 Å². The Morgan fingerprint density at radius 2 is 1.91 bits per heavy atom. The van der Waals surface area contributed by atoms with E-state index in [1.54, 1.807) is 12.3 Å². The van der Waals surface area contributed by atoms with Gasteiger partial charge in [0.2, 0.25) is 5.75 Å². The lowest BCUT2D eigenvalue weighted by Gasteiger charge is -2.20. The number of hydrogen-bond acceptors (Lipinski definition) is 5. The third-order valence-electron chi connectivity index (χ3n) is 4.49. The lowest BCUT2D eigenvalue weighted by molar-refractivity contribution is -0.139. The van der Waals surface area contributed by atoms with Crippen LogP contribution in [0, 0.1) is 6.92 Å². The first-order valence-corrected chi connectivity index (χ1v) is 8.34. The van der Waals surface area contributed by atoms with Crippen molar-refractivity contribution in [3.8, 4) is 11.5 Å². The first kappa shape index (κ1) is 16.0. The van der Waals surface area contributed by atoms with Gasteiger partial charge in [-0.2, -0.15) is 0 Å². The smallest absolute Gasteiger partial charge is 0.207 e. The van der Waals surface area contributed by atoms with Gasteiger partial charge in [-0.25, -0.2) is 5.26 Å². The van der Waals surface area contributed by atoms with E-state index in [4.69, 9.17) is 9.99 Å². The maximum atomic E-state index is 9.14. The first-order valence-electron chi connectivity index (χ1n) is 8.34. The summed E-state index contributed by atoms with van der Waals surface area (Å²) in [5, 5.41) is 10.1. The molecule has 0 bridgehead atoms. The minimum absolute atomic E-state index is 0.337. The van der Waals surface area contributed by atoms with Crippen LogP contribution in [0.5, 0.6) is 11.5 Å². The van der Waals surface area contributed by atoms with Crippen LogP contribution in [-0.2, 0) is 0 Å². The Morgan fingerprint density at radius 3 is 2.65 bits per heavy atom. The van der Waals surface area contributed by atoms with Crippen molar-refractivity contribution in [3.05, 3.63) is 30.0 Å². The van der Waals surface area contributed by atoms with Crippen LogP contribution in [0.1, 0.15) is 31.2 Å². The van der Waals surface area contributed by atoms with Gasteiger partial charge in [-0.15, -0.1) is 0 Å². The second-order valence-corrected chi connectivity index (χ2v) is 6.14. The third kappa shape index (κ3) is 3.92. The van der Waals surface area contributed by atoms with Gasteiger partial charge in [-0.05, 0) is 50.6 Å². The lowest BCUT2D eigenvalue weighted by Crippen LogP contribution is -2.29. The number of rotatable bonds is 5. The summed E-state index contributed by atoms with van der Waals surface area (Å²) in [6.07, 6.45) is 6.97. The van der Waals surface area contributed by atoms with Crippen molar-refractivity contribution >= 4 is 10.9 Å². The van der Waals surface area contributed by atoms with E-state index >= 15 is 0 Å². The molecule has 0 atom stereocenters. The summed E-state index contributed by atoms with van der Waals surface area (Å²) in [6, 6.07) is 5.54. The molecule has 1 fully saturated rings. The monoisotopic (exact) mass is 316 g/mol. The number of likely N-dealkylation sites (tertiary alicyclic amines) is 1. The minimum Gasteiger partial charge on any atom is -0.488 e. The summed E-state index contributed by atoms with van der Waals surface area (Å²) >= 11 is 0. The Hall–Kier alpha value is -1.85. The Balaban J connectivity index is 1.69. The molecule has 5 heteroatoms. The average molecular weight is 316 g/mol. The molecule has 1 aromatic heterocycles. The summed E-state index contributed by atoms with van der Waals surface area (Å²) in [5.74, 6) is 0.873. The van der Waals surface area contributed by atoms with E-state index in [2.05, 4.69) is 14.8 Å². The topological polar surface area (TPSA) is 54.8 Å². The van der Waals surface area contributed by atoms with Crippen molar-refractivity contribution in [1.29, 1.82) is 0 Å². The van der Waals surface area contributed by atoms with Gasteiger partial charge in [0, 0.05) is 24.2 Å². The van der Waals surface area contributed by atoms with Gasteiger partial charge in [-0.1, -0.05) is 12.8 Å².